The first-order valence-corrected chi connectivity index (χ1v) is 11.3. The molecule has 0 bridgehead atoms. The van der Waals surface area contributed by atoms with E-state index < -0.39 is 15.9 Å². The van der Waals surface area contributed by atoms with Crippen molar-refractivity contribution >= 4 is 33.2 Å². The van der Waals surface area contributed by atoms with E-state index in [0.717, 1.165) is 11.3 Å². The summed E-state index contributed by atoms with van der Waals surface area (Å²) < 4.78 is 33.3. The number of sulfonamides is 1. The molecule has 1 unspecified atom stereocenters. The molecule has 1 aromatic heterocycles. The summed E-state index contributed by atoms with van der Waals surface area (Å²) in [6.45, 7) is 3.74. The molecule has 0 saturated carbocycles. The van der Waals surface area contributed by atoms with Gasteiger partial charge in [0.2, 0.25) is 0 Å². The topological polar surface area (TPSA) is 88.4 Å². The molecule has 8 heteroatoms. The summed E-state index contributed by atoms with van der Waals surface area (Å²) in [4.78, 5) is 12.6. The van der Waals surface area contributed by atoms with Crippen molar-refractivity contribution in [3.8, 4) is 0 Å². The highest BCUT2D eigenvalue weighted by Gasteiger charge is 2.20. The predicted molar refractivity (Wildman–Crippen MR) is 117 cm³/mol. The minimum atomic E-state index is -3.87. The Balaban J connectivity index is 1.72. The van der Waals surface area contributed by atoms with Gasteiger partial charge in [0.25, 0.3) is 15.9 Å². The number of anilines is 1. The number of amides is 1. The molecular weight excluding hydrogens is 424 g/mol. The quantitative estimate of drug-likeness (QED) is 0.520. The number of benzene rings is 2. The van der Waals surface area contributed by atoms with Crippen LogP contribution in [0.5, 0.6) is 0 Å². The SMILES string of the molecule is Cc1cccc(NS(=O)(=O)c2ccc(Cl)c(C(=O)NC(C)CCc3ccco3)c2)c1. The van der Waals surface area contributed by atoms with Crippen LogP contribution < -0.4 is 10.0 Å². The van der Waals surface area contributed by atoms with Gasteiger partial charge in [-0.2, -0.15) is 0 Å². The Hall–Kier alpha value is -2.77. The smallest absolute Gasteiger partial charge is 0.261 e. The maximum Gasteiger partial charge on any atom is 0.261 e. The number of rotatable bonds is 8. The largest absolute Gasteiger partial charge is 0.469 e. The fraction of sp³-hybridized carbons (Fsp3) is 0.227. The molecule has 158 valence electrons. The van der Waals surface area contributed by atoms with Crippen LogP contribution in [0.4, 0.5) is 5.69 Å². The molecule has 6 nitrogen and oxygen atoms in total. The summed E-state index contributed by atoms with van der Waals surface area (Å²) in [5, 5.41) is 3.04. The van der Waals surface area contributed by atoms with Gasteiger partial charge >= 0.3 is 0 Å². The molecule has 0 spiro atoms. The van der Waals surface area contributed by atoms with E-state index in [2.05, 4.69) is 10.0 Å². The van der Waals surface area contributed by atoms with Crippen LogP contribution in [-0.4, -0.2) is 20.4 Å². The molecule has 0 fully saturated rings. The van der Waals surface area contributed by atoms with E-state index in [0.29, 0.717) is 18.5 Å². The van der Waals surface area contributed by atoms with Gasteiger partial charge in [-0.05, 0) is 68.3 Å². The molecule has 2 aromatic carbocycles. The standard InChI is InChI=1S/C22H23ClN2O4S/c1-15-5-3-6-17(13-15)25-30(27,28)19-10-11-21(23)20(14-19)22(26)24-16(2)8-9-18-7-4-12-29-18/h3-7,10-14,16,25H,8-9H2,1-2H3,(H,24,26). The van der Waals surface area contributed by atoms with Crippen molar-refractivity contribution in [3.05, 3.63) is 82.8 Å². The lowest BCUT2D eigenvalue weighted by Crippen LogP contribution is -2.33. The zero-order valence-corrected chi connectivity index (χ0v) is 18.3. The molecule has 1 amide bonds. The Bertz CT molecular complexity index is 1130. The van der Waals surface area contributed by atoms with Crippen molar-refractivity contribution in [2.75, 3.05) is 4.72 Å². The average Bonchev–Trinajstić information content (AvgIpc) is 3.20. The first-order valence-electron chi connectivity index (χ1n) is 9.47. The number of carbonyl (C=O) groups is 1. The summed E-state index contributed by atoms with van der Waals surface area (Å²) in [5.74, 6) is 0.406. The lowest BCUT2D eigenvalue weighted by atomic mass is 10.1. The summed E-state index contributed by atoms with van der Waals surface area (Å²) in [7, 11) is -3.87. The number of hydrogen-bond acceptors (Lipinski definition) is 4. The second kappa shape index (κ2) is 9.36. The third-order valence-electron chi connectivity index (χ3n) is 4.54. The third kappa shape index (κ3) is 5.64. The lowest BCUT2D eigenvalue weighted by molar-refractivity contribution is 0.0938. The Morgan fingerprint density at radius 3 is 2.63 bits per heavy atom. The number of carbonyl (C=O) groups excluding carboxylic acids is 1. The van der Waals surface area contributed by atoms with Gasteiger partial charge in [0, 0.05) is 18.2 Å². The lowest BCUT2D eigenvalue weighted by Gasteiger charge is -2.15. The molecule has 0 radical (unpaired) electrons. The van der Waals surface area contributed by atoms with E-state index in [1.165, 1.54) is 18.2 Å². The van der Waals surface area contributed by atoms with E-state index in [1.54, 1.807) is 24.5 Å². The van der Waals surface area contributed by atoms with E-state index in [1.807, 2.05) is 32.0 Å². The number of aryl methyl sites for hydroxylation is 2. The number of hydrogen-bond donors (Lipinski definition) is 2. The predicted octanol–water partition coefficient (Wildman–Crippen LogP) is 4.79. The monoisotopic (exact) mass is 446 g/mol. The van der Waals surface area contributed by atoms with Crippen LogP contribution in [0.3, 0.4) is 0 Å². The van der Waals surface area contributed by atoms with Crippen molar-refractivity contribution in [2.45, 2.75) is 37.6 Å². The second-order valence-corrected chi connectivity index (χ2v) is 9.20. The van der Waals surface area contributed by atoms with Gasteiger partial charge in [-0.3, -0.25) is 9.52 Å². The molecule has 0 aliphatic rings. The van der Waals surface area contributed by atoms with Gasteiger partial charge in [0.05, 0.1) is 21.7 Å². The molecule has 3 aromatic rings. The first-order chi connectivity index (χ1) is 14.2. The Morgan fingerprint density at radius 2 is 1.93 bits per heavy atom. The van der Waals surface area contributed by atoms with Crippen LogP contribution in [0.2, 0.25) is 5.02 Å². The van der Waals surface area contributed by atoms with E-state index in [4.69, 9.17) is 16.0 Å². The van der Waals surface area contributed by atoms with E-state index in [9.17, 15) is 13.2 Å². The summed E-state index contributed by atoms with van der Waals surface area (Å²) in [5.41, 5.74) is 1.48. The highest BCUT2D eigenvalue weighted by atomic mass is 35.5. The molecule has 3 rings (SSSR count). The Labute approximate surface area is 181 Å². The second-order valence-electron chi connectivity index (χ2n) is 7.11. The van der Waals surface area contributed by atoms with Gasteiger partial charge < -0.3 is 9.73 Å². The summed E-state index contributed by atoms with van der Waals surface area (Å²) in [6, 6.07) is 14.6. The molecule has 0 saturated heterocycles. The van der Waals surface area contributed by atoms with Crippen molar-refractivity contribution in [1.29, 1.82) is 0 Å². The van der Waals surface area contributed by atoms with Crippen molar-refractivity contribution in [2.24, 2.45) is 0 Å². The van der Waals surface area contributed by atoms with Gasteiger partial charge in [0.1, 0.15) is 5.76 Å². The summed E-state index contributed by atoms with van der Waals surface area (Å²) >= 11 is 6.17. The molecule has 1 heterocycles. The van der Waals surface area contributed by atoms with E-state index >= 15 is 0 Å². The molecule has 0 aliphatic carbocycles. The van der Waals surface area contributed by atoms with Gasteiger partial charge in [-0.1, -0.05) is 23.7 Å². The van der Waals surface area contributed by atoms with Crippen LogP contribution in [0.1, 0.15) is 35.0 Å². The van der Waals surface area contributed by atoms with Gasteiger partial charge in [-0.25, -0.2) is 8.42 Å². The Morgan fingerprint density at radius 1 is 1.13 bits per heavy atom. The minimum Gasteiger partial charge on any atom is -0.469 e. The number of nitrogens with one attached hydrogen (secondary N) is 2. The zero-order valence-electron chi connectivity index (χ0n) is 16.7. The molecule has 2 N–H and O–H groups in total. The normalized spacial score (nSPS) is 12.4. The van der Waals surface area contributed by atoms with Crippen LogP contribution in [0.25, 0.3) is 0 Å². The maximum atomic E-state index is 12.8. The fourth-order valence-electron chi connectivity index (χ4n) is 2.96. The highest BCUT2D eigenvalue weighted by Crippen LogP contribution is 2.23. The van der Waals surface area contributed by atoms with Gasteiger partial charge in [-0.15, -0.1) is 0 Å². The van der Waals surface area contributed by atoms with Crippen LogP contribution in [0, 0.1) is 6.92 Å². The molecule has 0 aliphatic heterocycles. The van der Waals surface area contributed by atoms with Crippen LogP contribution >= 0.6 is 11.6 Å². The Kier molecular flexibility index (Phi) is 6.84. The number of furan rings is 1. The molecular formula is C22H23ClN2O4S. The van der Waals surface area contributed by atoms with E-state index in [-0.39, 0.29) is 21.5 Å². The average molecular weight is 447 g/mol. The fourth-order valence-corrected chi connectivity index (χ4v) is 4.23. The molecule has 1 atom stereocenters. The first kappa shape index (κ1) is 21.9. The zero-order chi connectivity index (χ0) is 21.7. The van der Waals surface area contributed by atoms with Crippen LogP contribution in [-0.2, 0) is 16.4 Å². The van der Waals surface area contributed by atoms with Crippen molar-refractivity contribution in [1.82, 2.24) is 5.32 Å². The van der Waals surface area contributed by atoms with Crippen molar-refractivity contribution in [3.63, 3.8) is 0 Å². The van der Waals surface area contributed by atoms with Crippen LogP contribution in [0.15, 0.2) is 70.2 Å². The minimum absolute atomic E-state index is 0.0400. The number of halogens is 1. The molecule has 30 heavy (non-hydrogen) atoms. The maximum absolute atomic E-state index is 12.8. The highest BCUT2D eigenvalue weighted by molar-refractivity contribution is 7.92. The third-order valence-corrected chi connectivity index (χ3v) is 6.25. The van der Waals surface area contributed by atoms with Crippen molar-refractivity contribution < 1.29 is 17.6 Å². The van der Waals surface area contributed by atoms with Gasteiger partial charge in [0.15, 0.2) is 0 Å². The summed E-state index contributed by atoms with van der Waals surface area (Å²) in [6.07, 6.45) is 2.95.